The number of rotatable bonds is 0. The van der Waals surface area contributed by atoms with E-state index in [0.717, 1.165) is 18.6 Å². The van der Waals surface area contributed by atoms with Crippen LogP contribution in [0.25, 0.3) is 0 Å². The molecule has 0 saturated heterocycles. The van der Waals surface area contributed by atoms with Gasteiger partial charge in [0.05, 0.1) is 5.57 Å². The molecule has 0 bridgehead atoms. The van der Waals surface area contributed by atoms with Gasteiger partial charge in [-0.2, -0.15) is 0 Å². The molecule has 136 valence electrons. The molecule has 0 aromatic heterocycles. The molecule has 4 heteroatoms. The first-order chi connectivity index (χ1) is 11.6. The van der Waals surface area contributed by atoms with Crippen LogP contribution in [-0.2, 0) is 19.1 Å². The zero-order valence-electron chi connectivity index (χ0n) is 15.8. The van der Waals surface area contributed by atoms with E-state index in [9.17, 15) is 9.59 Å². The third-order valence-electron chi connectivity index (χ3n) is 7.34. The van der Waals surface area contributed by atoms with E-state index in [1.165, 1.54) is 0 Å². The molecular formula is C21H28O4. The Bertz CT molecular complexity index is 715. The summed E-state index contributed by atoms with van der Waals surface area (Å²) in [6, 6.07) is 0. The topological polar surface area (TPSA) is 52.6 Å². The minimum atomic E-state index is -0.507. The second-order valence-corrected chi connectivity index (χ2v) is 9.39. The Morgan fingerprint density at radius 3 is 2.52 bits per heavy atom. The van der Waals surface area contributed by atoms with Crippen LogP contribution in [0.1, 0.15) is 60.3 Å². The summed E-state index contributed by atoms with van der Waals surface area (Å²) in [5, 5.41) is 0. The third-order valence-corrected chi connectivity index (χ3v) is 7.34. The summed E-state index contributed by atoms with van der Waals surface area (Å²) in [6.45, 7) is 10.6. The molecule has 0 radical (unpaired) electrons. The average molecular weight is 344 g/mol. The molecule has 0 aromatic rings. The van der Waals surface area contributed by atoms with E-state index in [-0.39, 0.29) is 35.1 Å². The second kappa shape index (κ2) is 4.99. The lowest BCUT2D eigenvalue weighted by atomic mass is 9.45. The number of ketones is 1. The van der Waals surface area contributed by atoms with Gasteiger partial charge in [0.15, 0.2) is 5.78 Å². The van der Waals surface area contributed by atoms with Crippen molar-refractivity contribution in [1.29, 1.82) is 0 Å². The molecule has 0 N–H and O–H groups in total. The molecule has 1 fully saturated rings. The van der Waals surface area contributed by atoms with E-state index in [1.54, 1.807) is 6.08 Å². The molecule has 25 heavy (non-hydrogen) atoms. The van der Waals surface area contributed by atoms with Crippen LogP contribution in [0.2, 0.25) is 0 Å². The Labute approximate surface area is 149 Å². The molecule has 0 spiro atoms. The highest BCUT2D eigenvalue weighted by Gasteiger charge is 2.63. The Morgan fingerprint density at radius 1 is 1.08 bits per heavy atom. The Hall–Kier alpha value is -1.58. The number of cyclic esters (lactones) is 1. The third kappa shape index (κ3) is 2.18. The fourth-order valence-corrected chi connectivity index (χ4v) is 5.99. The van der Waals surface area contributed by atoms with Crippen LogP contribution >= 0.6 is 0 Å². The number of carbonyl (C=O) groups is 2. The van der Waals surface area contributed by atoms with Crippen molar-refractivity contribution in [2.24, 2.45) is 22.7 Å². The molecule has 5 atom stereocenters. The summed E-state index contributed by atoms with van der Waals surface area (Å²) >= 11 is 0. The highest BCUT2D eigenvalue weighted by atomic mass is 16.6. The SMILES string of the molecule is C[C@@H]1CC2=C(C[C@@H]3[C@@]4(C)C(=O)C=CC(C)(C)[C@@H]4CC[C@]3(C)O2)C(=O)O1. The van der Waals surface area contributed by atoms with E-state index in [1.807, 2.05) is 6.92 Å². The van der Waals surface area contributed by atoms with Crippen molar-refractivity contribution in [3.05, 3.63) is 23.5 Å². The summed E-state index contributed by atoms with van der Waals surface area (Å²) in [4.78, 5) is 25.5. The second-order valence-electron chi connectivity index (χ2n) is 9.39. The van der Waals surface area contributed by atoms with Crippen LogP contribution in [0.15, 0.2) is 23.5 Å². The van der Waals surface area contributed by atoms with Gasteiger partial charge in [-0.15, -0.1) is 0 Å². The van der Waals surface area contributed by atoms with Gasteiger partial charge in [0.25, 0.3) is 0 Å². The lowest BCUT2D eigenvalue weighted by molar-refractivity contribution is -0.184. The molecule has 4 nitrogen and oxygen atoms in total. The van der Waals surface area contributed by atoms with Crippen molar-refractivity contribution in [3.63, 3.8) is 0 Å². The maximum atomic E-state index is 13.1. The van der Waals surface area contributed by atoms with E-state index < -0.39 is 11.0 Å². The number of carbonyl (C=O) groups excluding carboxylic acids is 2. The van der Waals surface area contributed by atoms with E-state index in [2.05, 4.69) is 33.8 Å². The first kappa shape index (κ1) is 16.9. The fraction of sp³-hybridized carbons (Fsp3) is 0.714. The van der Waals surface area contributed by atoms with E-state index >= 15 is 0 Å². The summed E-state index contributed by atoms with van der Waals surface area (Å²) in [5.41, 5.74) is -0.270. The number of fused-ring (bicyclic) bond motifs is 3. The Kier molecular flexibility index (Phi) is 3.36. The Balaban J connectivity index is 1.81. The van der Waals surface area contributed by atoms with E-state index in [0.29, 0.717) is 18.4 Å². The van der Waals surface area contributed by atoms with Gasteiger partial charge >= 0.3 is 5.97 Å². The highest BCUT2D eigenvalue weighted by molar-refractivity contribution is 5.97. The summed E-state index contributed by atoms with van der Waals surface area (Å²) in [7, 11) is 0. The minimum absolute atomic E-state index is 0.00446. The molecular weight excluding hydrogens is 316 g/mol. The standard InChI is InChI=1S/C21H28O4/c1-12-10-14-13(18(23)24-12)11-16-20(4,25-14)9-6-15-19(2,3)8-7-17(22)21(15,16)5/h7-8,12,15-16H,6,9-11H2,1-5H3/t12-,15+,16+,20+,21+/m1/s1. The van der Waals surface area contributed by atoms with E-state index in [4.69, 9.17) is 9.47 Å². The Morgan fingerprint density at radius 2 is 1.80 bits per heavy atom. The summed E-state index contributed by atoms with van der Waals surface area (Å²) in [5.74, 6) is 0.968. The normalized spacial score (nSPS) is 45.1. The first-order valence-corrected chi connectivity index (χ1v) is 9.43. The van der Waals surface area contributed by atoms with Gasteiger partial charge in [0.2, 0.25) is 0 Å². The number of hydrogen-bond acceptors (Lipinski definition) is 4. The number of allylic oxidation sites excluding steroid dienone is 2. The monoisotopic (exact) mass is 344 g/mol. The lowest BCUT2D eigenvalue weighted by Crippen LogP contribution is -2.62. The summed E-state index contributed by atoms with van der Waals surface area (Å²) in [6.07, 6.45) is 6.79. The molecule has 2 heterocycles. The van der Waals surface area contributed by atoms with Crippen LogP contribution in [-0.4, -0.2) is 23.5 Å². The molecule has 2 aliphatic heterocycles. The zero-order chi connectivity index (χ0) is 18.2. The van der Waals surface area contributed by atoms with Crippen LogP contribution in [0.3, 0.4) is 0 Å². The average Bonchev–Trinajstić information content (AvgIpc) is 2.49. The predicted molar refractivity (Wildman–Crippen MR) is 93.6 cm³/mol. The van der Waals surface area contributed by atoms with Gasteiger partial charge in [0, 0.05) is 17.8 Å². The first-order valence-electron chi connectivity index (χ1n) is 9.43. The molecule has 2 aliphatic carbocycles. The fourth-order valence-electron chi connectivity index (χ4n) is 5.99. The van der Waals surface area contributed by atoms with Gasteiger partial charge in [-0.05, 0) is 50.5 Å². The van der Waals surface area contributed by atoms with Gasteiger partial charge < -0.3 is 9.47 Å². The highest BCUT2D eigenvalue weighted by Crippen LogP contribution is 2.63. The van der Waals surface area contributed by atoms with Crippen molar-refractivity contribution in [2.75, 3.05) is 0 Å². The number of esters is 1. The molecule has 4 aliphatic rings. The van der Waals surface area contributed by atoms with Gasteiger partial charge in [-0.1, -0.05) is 26.8 Å². The van der Waals surface area contributed by atoms with Gasteiger partial charge in [-0.3, -0.25) is 4.79 Å². The predicted octanol–water partition coefficient (Wildman–Crippen LogP) is 3.95. The molecule has 0 unspecified atom stereocenters. The van der Waals surface area contributed by atoms with Gasteiger partial charge in [0.1, 0.15) is 17.5 Å². The lowest BCUT2D eigenvalue weighted by Gasteiger charge is -2.61. The van der Waals surface area contributed by atoms with Crippen molar-refractivity contribution in [3.8, 4) is 0 Å². The molecule has 1 saturated carbocycles. The van der Waals surface area contributed by atoms with Crippen LogP contribution in [0.5, 0.6) is 0 Å². The van der Waals surface area contributed by atoms with Crippen LogP contribution < -0.4 is 0 Å². The maximum Gasteiger partial charge on any atom is 0.337 e. The van der Waals surface area contributed by atoms with Crippen molar-refractivity contribution >= 4 is 11.8 Å². The molecule has 0 amide bonds. The van der Waals surface area contributed by atoms with Gasteiger partial charge in [-0.25, -0.2) is 4.79 Å². The number of hydrogen-bond donors (Lipinski definition) is 0. The largest absolute Gasteiger partial charge is 0.491 e. The van der Waals surface area contributed by atoms with Crippen molar-refractivity contribution in [1.82, 2.24) is 0 Å². The molecule has 4 rings (SSSR count). The molecule has 0 aromatic carbocycles. The maximum absolute atomic E-state index is 13.1. The van der Waals surface area contributed by atoms with Crippen molar-refractivity contribution in [2.45, 2.75) is 72.0 Å². The van der Waals surface area contributed by atoms with Crippen LogP contribution in [0.4, 0.5) is 0 Å². The quantitative estimate of drug-likeness (QED) is 0.624. The summed E-state index contributed by atoms with van der Waals surface area (Å²) < 4.78 is 11.9. The van der Waals surface area contributed by atoms with Crippen molar-refractivity contribution < 1.29 is 19.1 Å². The number of ether oxygens (including phenoxy) is 2. The zero-order valence-corrected chi connectivity index (χ0v) is 15.8. The van der Waals surface area contributed by atoms with Crippen LogP contribution in [0, 0.1) is 22.7 Å². The minimum Gasteiger partial charge on any atom is -0.491 e. The smallest absolute Gasteiger partial charge is 0.337 e.